The van der Waals surface area contributed by atoms with Gasteiger partial charge in [-0.15, -0.1) is 0 Å². The molecule has 0 aliphatic carbocycles. The Bertz CT molecular complexity index is 618. The van der Waals surface area contributed by atoms with Gasteiger partial charge in [0.15, 0.2) is 5.78 Å². The predicted molar refractivity (Wildman–Crippen MR) is 81.0 cm³/mol. The molecule has 0 aliphatic heterocycles. The fourth-order valence-corrected chi connectivity index (χ4v) is 1.89. The van der Waals surface area contributed by atoms with E-state index in [0.29, 0.717) is 5.56 Å². The van der Waals surface area contributed by atoms with Gasteiger partial charge in [0, 0.05) is 5.56 Å². The number of allylic oxidation sites excluding steroid dienone is 2. The summed E-state index contributed by atoms with van der Waals surface area (Å²) >= 11 is 0. The van der Waals surface area contributed by atoms with Gasteiger partial charge in [0.1, 0.15) is 0 Å². The number of rotatable bonds is 4. The number of carbonyl (C=O) groups is 1. The summed E-state index contributed by atoms with van der Waals surface area (Å²) in [6, 6.07) is 17.4. The first-order valence-electron chi connectivity index (χ1n) is 6.14. The largest absolute Gasteiger partial charge is 0.295 e. The van der Waals surface area contributed by atoms with Crippen LogP contribution in [0.4, 0.5) is 0 Å². The van der Waals surface area contributed by atoms with Gasteiger partial charge in [-0.1, -0.05) is 67.8 Å². The third kappa shape index (κ3) is 2.89. The molecule has 0 N–H and O–H groups in total. The maximum atomic E-state index is 11.2. The first-order valence-corrected chi connectivity index (χ1v) is 6.14. The third-order valence-electron chi connectivity index (χ3n) is 3.13. The van der Waals surface area contributed by atoms with Crippen molar-refractivity contribution in [2.24, 2.45) is 0 Å². The zero-order valence-electron chi connectivity index (χ0n) is 11.0. The number of hydrogen-bond acceptors (Lipinski definition) is 1. The molecule has 2 rings (SSSR count). The van der Waals surface area contributed by atoms with Gasteiger partial charge < -0.3 is 0 Å². The zero-order chi connectivity index (χ0) is 13.8. The Morgan fingerprint density at radius 2 is 1.16 bits per heavy atom. The Hall–Kier alpha value is -2.41. The molecule has 0 fully saturated rings. The molecule has 0 saturated carbocycles. The Balaban J connectivity index is 2.25. The molecule has 1 heteroatoms. The smallest absolute Gasteiger partial charge is 0.159 e. The highest BCUT2D eigenvalue weighted by Crippen LogP contribution is 2.28. The van der Waals surface area contributed by atoms with Gasteiger partial charge in [-0.3, -0.25) is 4.79 Å². The maximum Gasteiger partial charge on any atom is 0.159 e. The highest BCUT2D eigenvalue weighted by atomic mass is 16.1. The summed E-state index contributed by atoms with van der Waals surface area (Å²) in [6.07, 6.45) is 0. The van der Waals surface area contributed by atoms with Crippen molar-refractivity contribution in [3.8, 4) is 0 Å². The van der Waals surface area contributed by atoms with Crippen molar-refractivity contribution in [3.63, 3.8) is 0 Å². The van der Waals surface area contributed by atoms with Crippen LogP contribution in [0.3, 0.4) is 0 Å². The quantitative estimate of drug-likeness (QED) is 0.570. The first-order chi connectivity index (χ1) is 9.09. The summed E-state index contributed by atoms with van der Waals surface area (Å²) in [4.78, 5) is 11.2. The van der Waals surface area contributed by atoms with Crippen molar-refractivity contribution >= 4 is 16.9 Å². The fourth-order valence-electron chi connectivity index (χ4n) is 1.89. The molecule has 0 spiro atoms. The standard InChI is InChI=1S/C18H16O/c1-13(16-7-5-4-6-8-16)14(2)17-9-11-18(12-10-17)15(3)19/h4-12H,1-2H2,3H3. The lowest BCUT2D eigenvalue weighted by atomic mass is 9.94. The van der Waals surface area contributed by atoms with E-state index < -0.39 is 0 Å². The molecule has 94 valence electrons. The fraction of sp³-hybridized carbons (Fsp3) is 0.0556. The van der Waals surface area contributed by atoms with E-state index in [1.165, 1.54) is 0 Å². The van der Waals surface area contributed by atoms with Gasteiger partial charge in [0.05, 0.1) is 0 Å². The molecule has 0 aromatic heterocycles. The Kier molecular flexibility index (Phi) is 3.76. The van der Waals surface area contributed by atoms with Crippen LogP contribution >= 0.6 is 0 Å². The van der Waals surface area contributed by atoms with E-state index in [1.54, 1.807) is 6.92 Å². The SMILES string of the molecule is C=C(C(=C)c1ccc(C(C)=O)cc1)c1ccccc1. The molecule has 0 atom stereocenters. The van der Waals surface area contributed by atoms with Crippen molar-refractivity contribution in [2.45, 2.75) is 6.92 Å². The van der Waals surface area contributed by atoms with E-state index >= 15 is 0 Å². The lowest BCUT2D eigenvalue weighted by Crippen LogP contribution is -1.93. The molecule has 0 amide bonds. The van der Waals surface area contributed by atoms with E-state index in [9.17, 15) is 4.79 Å². The third-order valence-corrected chi connectivity index (χ3v) is 3.13. The van der Waals surface area contributed by atoms with E-state index in [0.717, 1.165) is 22.3 Å². The number of ketones is 1. The lowest BCUT2D eigenvalue weighted by molar-refractivity contribution is 0.101. The number of benzene rings is 2. The van der Waals surface area contributed by atoms with E-state index in [1.807, 2.05) is 54.6 Å². The van der Waals surface area contributed by atoms with Crippen LogP contribution in [0.2, 0.25) is 0 Å². The van der Waals surface area contributed by atoms with Crippen LogP contribution in [0.25, 0.3) is 11.1 Å². The van der Waals surface area contributed by atoms with Crippen LogP contribution in [0.5, 0.6) is 0 Å². The summed E-state index contributed by atoms with van der Waals surface area (Å²) in [5.41, 5.74) is 4.53. The van der Waals surface area contributed by atoms with Crippen LogP contribution < -0.4 is 0 Å². The molecule has 19 heavy (non-hydrogen) atoms. The number of Topliss-reactive ketones (excluding diaryl/α,β-unsaturated/α-hetero) is 1. The molecule has 0 saturated heterocycles. The normalized spacial score (nSPS) is 9.95. The van der Waals surface area contributed by atoms with Crippen LogP contribution in [0.1, 0.15) is 28.4 Å². The van der Waals surface area contributed by atoms with Crippen molar-refractivity contribution in [2.75, 3.05) is 0 Å². The van der Waals surface area contributed by atoms with Gasteiger partial charge in [0.2, 0.25) is 0 Å². The number of carbonyl (C=O) groups excluding carboxylic acids is 1. The zero-order valence-corrected chi connectivity index (χ0v) is 11.0. The van der Waals surface area contributed by atoms with Gasteiger partial charge >= 0.3 is 0 Å². The van der Waals surface area contributed by atoms with Crippen LogP contribution in [0.15, 0.2) is 67.8 Å². The van der Waals surface area contributed by atoms with E-state index in [2.05, 4.69) is 13.2 Å². The van der Waals surface area contributed by atoms with Gasteiger partial charge in [-0.25, -0.2) is 0 Å². The molecular formula is C18H16O. The molecule has 2 aromatic rings. The average Bonchev–Trinajstić information content (AvgIpc) is 2.46. The summed E-state index contributed by atoms with van der Waals surface area (Å²) in [5.74, 6) is 0.0686. The molecule has 0 radical (unpaired) electrons. The van der Waals surface area contributed by atoms with Crippen molar-refractivity contribution in [1.29, 1.82) is 0 Å². The minimum Gasteiger partial charge on any atom is -0.295 e. The van der Waals surface area contributed by atoms with Crippen molar-refractivity contribution in [3.05, 3.63) is 84.4 Å². The van der Waals surface area contributed by atoms with Gasteiger partial charge in [0.25, 0.3) is 0 Å². The van der Waals surface area contributed by atoms with Crippen LogP contribution in [0, 0.1) is 0 Å². The Labute approximate surface area is 113 Å². The highest BCUT2D eigenvalue weighted by Gasteiger charge is 2.06. The Morgan fingerprint density at radius 3 is 1.63 bits per heavy atom. The van der Waals surface area contributed by atoms with Gasteiger partial charge in [-0.2, -0.15) is 0 Å². The highest BCUT2D eigenvalue weighted by molar-refractivity contribution is 6.03. The molecule has 0 unspecified atom stereocenters. The minimum atomic E-state index is 0.0686. The van der Waals surface area contributed by atoms with E-state index in [4.69, 9.17) is 0 Å². The van der Waals surface area contributed by atoms with Crippen molar-refractivity contribution < 1.29 is 4.79 Å². The monoisotopic (exact) mass is 248 g/mol. The summed E-state index contributed by atoms with van der Waals surface area (Å²) in [5, 5.41) is 0. The molecule has 2 aromatic carbocycles. The topological polar surface area (TPSA) is 17.1 Å². The molecule has 0 aliphatic rings. The summed E-state index contributed by atoms with van der Waals surface area (Å²) < 4.78 is 0. The summed E-state index contributed by atoms with van der Waals surface area (Å²) in [7, 11) is 0. The first kappa shape index (κ1) is 13.0. The average molecular weight is 248 g/mol. The number of hydrogen-bond donors (Lipinski definition) is 0. The molecule has 0 heterocycles. The molecule has 1 nitrogen and oxygen atoms in total. The molecular weight excluding hydrogens is 232 g/mol. The summed E-state index contributed by atoms with van der Waals surface area (Å²) in [6.45, 7) is 9.75. The minimum absolute atomic E-state index is 0.0686. The van der Waals surface area contributed by atoms with Crippen molar-refractivity contribution in [1.82, 2.24) is 0 Å². The maximum absolute atomic E-state index is 11.2. The Morgan fingerprint density at radius 1 is 0.737 bits per heavy atom. The lowest BCUT2D eigenvalue weighted by Gasteiger charge is -2.10. The second-order valence-electron chi connectivity index (χ2n) is 4.46. The second-order valence-corrected chi connectivity index (χ2v) is 4.46. The van der Waals surface area contributed by atoms with E-state index in [-0.39, 0.29) is 5.78 Å². The second kappa shape index (κ2) is 5.49. The molecule has 0 bridgehead atoms. The predicted octanol–water partition coefficient (Wildman–Crippen LogP) is 4.62. The van der Waals surface area contributed by atoms with Crippen LogP contribution in [-0.2, 0) is 0 Å². The van der Waals surface area contributed by atoms with Crippen LogP contribution in [-0.4, -0.2) is 5.78 Å². The van der Waals surface area contributed by atoms with Gasteiger partial charge in [-0.05, 0) is 29.2 Å².